The number of urea groups is 1. The maximum atomic E-state index is 12.1. The normalized spacial score (nSPS) is 13.6. The van der Waals surface area contributed by atoms with Gasteiger partial charge in [0.2, 0.25) is 5.88 Å². The van der Waals surface area contributed by atoms with Crippen LogP contribution in [0.5, 0.6) is 11.6 Å². The van der Waals surface area contributed by atoms with Gasteiger partial charge in [-0.2, -0.15) is 0 Å². The monoisotopic (exact) mass is 442 g/mol. The number of amides is 2. The molecule has 9 heteroatoms. The molecule has 1 fully saturated rings. The Labute approximate surface area is 185 Å². The number of carbonyl (C=O) groups excluding carboxylic acids is 1. The molecule has 0 N–H and O–H groups in total. The van der Waals surface area contributed by atoms with Crippen LogP contribution in [0.25, 0.3) is 16.9 Å². The zero-order valence-electron chi connectivity index (χ0n) is 17.5. The largest absolute Gasteiger partial charge is 0.494 e. The summed E-state index contributed by atoms with van der Waals surface area (Å²) in [7, 11) is 4.65. The van der Waals surface area contributed by atoms with Crippen molar-refractivity contribution in [3.05, 3.63) is 59.6 Å². The first-order valence-electron chi connectivity index (χ1n) is 9.73. The number of likely N-dealkylation sites (tertiary alicyclic amines) is 1. The number of para-hydroxylation sites is 2. The molecule has 0 aliphatic carbocycles. The van der Waals surface area contributed by atoms with Gasteiger partial charge in [0.1, 0.15) is 17.5 Å². The van der Waals surface area contributed by atoms with Crippen LogP contribution in [0.1, 0.15) is 0 Å². The third kappa shape index (κ3) is 4.30. The molecule has 1 aromatic heterocycles. The molecule has 1 saturated heterocycles. The van der Waals surface area contributed by atoms with E-state index in [1.54, 1.807) is 23.7 Å². The van der Waals surface area contributed by atoms with Crippen LogP contribution in [-0.4, -0.2) is 66.2 Å². The number of rotatable bonds is 6. The summed E-state index contributed by atoms with van der Waals surface area (Å²) in [5, 5.41) is 6.52. The minimum Gasteiger partial charge on any atom is -0.494 e. The van der Waals surface area contributed by atoms with Gasteiger partial charge in [-0.1, -0.05) is 35.9 Å². The van der Waals surface area contributed by atoms with Crippen molar-refractivity contribution in [1.29, 1.82) is 0 Å². The standard InChI is InChI=1S/C22H23ClN4O4/c1-25(30-3)22(28)26-13-17(14-26)31-21-12-19(15-8-10-16(23)11-9-15)27(24-21)18-6-4-5-7-20(18)29-2/h4-12,17H,13-14H2,1-3H3. The molecule has 2 aromatic carbocycles. The SMILES string of the molecule is COc1ccccc1-n1nc(OC2CN(C(=O)N(C)OC)C2)cc1-c1ccc(Cl)cc1. The van der Waals surface area contributed by atoms with E-state index in [0.29, 0.717) is 29.7 Å². The first-order valence-corrected chi connectivity index (χ1v) is 10.1. The lowest BCUT2D eigenvalue weighted by molar-refractivity contribution is -0.0891. The van der Waals surface area contributed by atoms with Crippen molar-refractivity contribution in [2.45, 2.75) is 6.10 Å². The van der Waals surface area contributed by atoms with Crippen molar-refractivity contribution in [3.8, 4) is 28.6 Å². The maximum absolute atomic E-state index is 12.1. The fourth-order valence-corrected chi connectivity index (χ4v) is 3.47. The zero-order valence-corrected chi connectivity index (χ0v) is 18.2. The van der Waals surface area contributed by atoms with Crippen LogP contribution in [0, 0.1) is 0 Å². The summed E-state index contributed by atoms with van der Waals surface area (Å²) in [4.78, 5) is 18.7. The van der Waals surface area contributed by atoms with E-state index in [-0.39, 0.29) is 12.1 Å². The maximum Gasteiger partial charge on any atom is 0.343 e. The molecule has 0 spiro atoms. The fourth-order valence-electron chi connectivity index (χ4n) is 3.35. The van der Waals surface area contributed by atoms with Crippen LogP contribution in [0.4, 0.5) is 4.79 Å². The van der Waals surface area contributed by atoms with Crippen LogP contribution in [0.2, 0.25) is 5.02 Å². The van der Waals surface area contributed by atoms with E-state index in [9.17, 15) is 4.79 Å². The van der Waals surface area contributed by atoms with Crippen molar-refractivity contribution in [3.63, 3.8) is 0 Å². The number of methoxy groups -OCH3 is 1. The second-order valence-electron chi connectivity index (χ2n) is 7.07. The molecular formula is C22H23ClN4O4. The Bertz CT molecular complexity index is 1060. The van der Waals surface area contributed by atoms with Crippen LogP contribution in [-0.2, 0) is 4.84 Å². The third-order valence-corrected chi connectivity index (χ3v) is 5.34. The Balaban J connectivity index is 1.60. The molecule has 1 aliphatic heterocycles. The van der Waals surface area contributed by atoms with Gasteiger partial charge in [-0.25, -0.2) is 14.5 Å². The molecule has 2 heterocycles. The Morgan fingerprint density at radius 2 is 1.84 bits per heavy atom. The Hall–Kier alpha value is -3.23. The highest BCUT2D eigenvalue weighted by Gasteiger charge is 2.35. The van der Waals surface area contributed by atoms with Crippen LogP contribution in [0.15, 0.2) is 54.6 Å². The molecule has 0 bridgehead atoms. The number of ether oxygens (including phenoxy) is 2. The van der Waals surface area contributed by atoms with Gasteiger partial charge in [-0.05, 0) is 24.3 Å². The highest BCUT2D eigenvalue weighted by Crippen LogP contribution is 2.32. The van der Waals surface area contributed by atoms with Crippen molar-refractivity contribution < 1.29 is 19.1 Å². The van der Waals surface area contributed by atoms with E-state index in [1.165, 1.54) is 12.2 Å². The van der Waals surface area contributed by atoms with Crippen LogP contribution >= 0.6 is 11.6 Å². The molecule has 3 aromatic rings. The van der Waals surface area contributed by atoms with E-state index in [4.69, 9.17) is 25.9 Å². The quantitative estimate of drug-likeness (QED) is 0.542. The van der Waals surface area contributed by atoms with Crippen LogP contribution in [0.3, 0.4) is 0 Å². The average Bonchev–Trinajstić information content (AvgIpc) is 3.19. The lowest BCUT2D eigenvalue weighted by atomic mass is 10.1. The zero-order chi connectivity index (χ0) is 22.0. The van der Waals surface area contributed by atoms with Crippen molar-refractivity contribution >= 4 is 17.6 Å². The first kappa shape index (κ1) is 21.0. The van der Waals surface area contributed by atoms with Gasteiger partial charge in [0.15, 0.2) is 0 Å². The number of nitrogens with zero attached hydrogens (tertiary/aromatic N) is 4. The fraction of sp³-hybridized carbons (Fsp3) is 0.273. The minimum absolute atomic E-state index is 0.145. The molecule has 0 saturated carbocycles. The average molecular weight is 443 g/mol. The predicted octanol–water partition coefficient (Wildman–Crippen LogP) is 3.88. The summed E-state index contributed by atoms with van der Waals surface area (Å²) in [6.07, 6.45) is -0.145. The minimum atomic E-state index is -0.205. The molecular weight excluding hydrogens is 420 g/mol. The Kier molecular flexibility index (Phi) is 6.01. The summed E-state index contributed by atoms with van der Waals surface area (Å²) in [5.74, 6) is 1.16. The molecule has 2 amide bonds. The highest BCUT2D eigenvalue weighted by molar-refractivity contribution is 6.30. The molecule has 1 aliphatic rings. The van der Waals surface area contributed by atoms with Crippen molar-refractivity contribution in [2.24, 2.45) is 0 Å². The number of benzene rings is 2. The molecule has 0 radical (unpaired) electrons. The van der Waals surface area contributed by atoms with Gasteiger partial charge in [0.05, 0.1) is 33.0 Å². The van der Waals surface area contributed by atoms with Gasteiger partial charge in [0.25, 0.3) is 0 Å². The predicted molar refractivity (Wildman–Crippen MR) is 117 cm³/mol. The summed E-state index contributed by atoms with van der Waals surface area (Å²) in [6.45, 7) is 0.925. The number of carbonyl (C=O) groups is 1. The summed E-state index contributed by atoms with van der Waals surface area (Å²) < 4.78 is 13.4. The van der Waals surface area contributed by atoms with Crippen LogP contribution < -0.4 is 9.47 Å². The van der Waals surface area contributed by atoms with Crippen molar-refractivity contribution in [1.82, 2.24) is 19.7 Å². The molecule has 4 rings (SSSR count). The van der Waals surface area contributed by atoms with Gasteiger partial charge in [-0.15, -0.1) is 5.10 Å². The number of hydrogen-bond donors (Lipinski definition) is 0. The summed E-state index contributed by atoms with van der Waals surface area (Å²) in [5.41, 5.74) is 2.56. The van der Waals surface area contributed by atoms with E-state index in [1.807, 2.05) is 54.6 Å². The van der Waals surface area contributed by atoms with E-state index >= 15 is 0 Å². The van der Waals surface area contributed by atoms with E-state index < -0.39 is 0 Å². The van der Waals surface area contributed by atoms with Gasteiger partial charge >= 0.3 is 6.03 Å². The van der Waals surface area contributed by atoms with E-state index in [0.717, 1.165) is 16.9 Å². The molecule has 0 unspecified atom stereocenters. The van der Waals surface area contributed by atoms with Crippen molar-refractivity contribution in [2.75, 3.05) is 34.4 Å². The first-order chi connectivity index (χ1) is 15.0. The summed E-state index contributed by atoms with van der Waals surface area (Å²) >= 11 is 6.06. The summed E-state index contributed by atoms with van der Waals surface area (Å²) in [6, 6.07) is 16.8. The number of aromatic nitrogens is 2. The lowest BCUT2D eigenvalue weighted by Crippen LogP contribution is -2.58. The highest BCUT2D eigenvalue weighted by atomic mass is 35.5. The second kappa shape index (κ2) is 8.87. The van der Waals surface area contributed by atoms with Gasteiger partial charge in [-0.3, -0.25) is 4.84 Å². The Morgan fingerprint density at radius 1 is 1.13 bits per heavy atom. The smallest absolute Gasteiger partial charge is 0.343 e. The topological polar surface area (TPSA) is 69.1 Å². The molecule has 0 atom stereocenters. The molecule has 162 valence electrons. The number of hydroxylamine groups is 2. The molecule has 8 nitrogen and oxygen atoms in total. The van der Waals surface area contributed by atoms with Gasteiger partial charge in [0, 0.05) is 23.7 Å². The van der Waals surface area contributed by atoms with E-state index in [2.05, 4.69) is 5.10 Å². The Morgan fingerprint density at radius 3 is 2.52 bits per heavy atom. The number of halogens is 1. The second-order valence-corrected chi connectivity index (χ2v) is 7.50. The lowest BCUT2D eigenvalue weighted by Gasteiger charge is -2.39. The number of hydrogen-bond acceptors (Lipinski definition) is 5. The third-order valence-electron chi connectivity index (χ3n) is 5.09. The van der Waals surface area contributed by atoms with Gasteiger partial charge < -0.3 is 14.4 Å². The molecule has 31 heavy (non-hydrogen) atoms.